The van der Waals surface area contributed by atoms with Crippen LogP contribution in [0.2, 0.25) is 0 Å². The monoisotopic (exact) mass is 311 g/mol. The van der Waals surface area contributed by atoms with Crippen LogP contribution in [-0.4, -0.2) is 18.5 Å². The summed E-state index contributed by atoms with van der Waals surface area (Å²) in [5.74, 6) is -1.16. The smallest absolute Gasteiger partial charge is 0.275 e. The van der Waals surface area contributed by atoms with Crippen molar-refractivity contribution in [2.75, 3.05) is 6.54 Å². The zero-order valence-electron chi connectivity index (χ0n) is 13.2. The second-order valence-corrected chi connectivity index (χ2v) is 6.34. The van der Waals surface area contributed by atoms with Crippen LogP contribution >= 0.6 is 0 Å². The standard InChI is InChI=1S/C17H24F2N2O/c1-11-5-3-4-6-16(11)21-17(22)10-20-12(2)13-7-8-14(18)15(19)9-13/h7-9,11-12,16,20H,3-6,10H2,1-2H3,(H,21,22)/p+1/t11-,12-,16+/m0/s1. The third-order valence-corrected chi connectivity index (χ3v) is 4.58. The number of hydrogen-bond donors (Lipinski definition) is 2. The van der Waals surface area contributed by atoms with Crippen LogP contribution in [0, 0.1) is 17.6 Å². The van der Waals surface area contributed by atoms with Crippen molar-refractivity contribution in [2.45, 2.75) is 51.6 Å². The molecule has 0 aromatic heterocycles. The minimum atomic E-state index is -0.849. The lowest BCUT2D eigenvalue weighted by Gasteiger charge is -2.29. The molecule has 3 N–H and O–H groups in total. The van der Waals surface area contributed by atoms with Crippen molar-refractivity contribution in [1.29, 1.82) is 0 Å². The van der Waals surface area contributed by atoms with Crippen LogP contribution in [0.3, 0.4) is 0 Å². The van der Waals surface area contributed by atoms with Gasteiger partial charge in [-0.2, -0.15) is 0 Å². The van der Waals surface area contributed by atoms with Crippen molar-refractivity contribution in [3.63, 3.8) is 0 Å². The lowest BCUT2D eigenvalue weighted by atomic mass is 9.86. The fourth-order valence-electron chi connectivity index (χ4n) is 3.01. The highest BCUT2D eigenvalue weighted by atomic mass is 19.2. The molecule has 122 valence electrons. The zero-order chi connectivity index (χ0) is 16.1. The molecule has 1 fully saturated rings. The highest BCUT2D eigenvalue weighted by molar-refractivity contribution is 5.77. The summed E-state index contributed by atoms with van der Waals surface area (Å²) in [6.45, 7) is 4.35. The molecule has 0 aliphatic heterocycles. The molecular weight excluding hydrogens is 286 g/mol. The third kappa shape index (κ3) is 4.50. The Labute approximate surface area is 130 Å². The van der Waals surface area contributed by atoms with Crippen LogP contribution < -0.4 is 10.6 Å². The molecule has 5 heteroatoms. The van der Waals surface area contributed by atoms with E-state index >= 15 is 0 Å². The molecular formula is C17H25F2N2O+. The summed E-state index contributed by atoms with van der Waals surface area (Å²) in [4.78, 5) is 12.0. The van der Waals surface area contributed by atoms with Gasteiger partial charge in [-0.15, -0.1) is 0 Å². The van der Waals surface area contributed by atoms with Gasteiger partial charge < -0.3 is 10.6 Å². The van der Waals surface area contributed by atoms with E-state index in [0.29, 0.717) is 18.0 Å². The summed E-state index contributed by atoms with van der Waals surface area (Å²) in [7, 11) is 0. The third-order valence-electron chi connectivity index (χ3n) is 4.58. The number of quaternary nitrogens is 1. The number of amides is 1. The number of rotatable bonds is 5. The Balaban J connectivity index is 1.81. The van der Waals surface area contributed by atoms with Gasteiger partial charge in [0.25, 0.3) is 5.91 Å². The molecule has 1 aromatic carbocycles. The molecule has 1 aliphatic carbocycles. The summed E-state index contributed by atoms with van der Waals surface area (Å²) in [6, 6.07) is 4.05. The molecule has 2 rings (SSSR count). The van der Waals surface area contributed by atoms with E-state index in [1.807, 2.05) is 12.2 Å². The van der Waals surface area contributed by atoms with Crippen molar-refractivity contribution < 1.29 is 18.9 Å². The summed E-state index contributed by atoms with van der Waals surface area (Å²) in [5.41, 5.74) is 0.678. The van der Waals surface area contributed by atoms with E-state index in [4.69, 9.17) is 0 Å². The van der Waals surface area contributed by atoms with E-state index in [-0.39, 0.29) is 18.0 Å². The van der Waals surface area contributed by atoms with Gasteiger partial charge in [0.15, 0.2) is 18.2 Å². The summed E-state index contributed by atoms with van der Waals surface area (Å²) < 4.78 is 26.1. The SMILES string of the molecule is C[C@H]([NH2+]CC(=O)N[C@@H]1CCCC[C@@H]1C)c1ccc(F)c(F)c1. The number of benzene rings is 1. The Bertz CT molecular complexity index is 521. The van der Waals surface area contributed by atoms with E-state index < -0.39 is 11.6 Å². The number of nitrogens with one attached hydrogen (secondary N) is 1. The molecule has 1 aliphatic rings. The largest absolute Gasteiger partial charge is 0.348 e. The maximum absolute atomic E-state index is 13.2. The minimum absolute atomic E-state index is 0.00758. The van der Waals surface area contributed by atoms with E-state index in [2.05, 4.69) is 12.2 Å². The molecule has 1 saturated carbocycles. The van der Waals surface area contributed by atoms with Crippen LogP contribution in [0.15, 0.2) is 18.2 Å². The normalized spacial score (nSPS) is 23.1. The van der Waals surface area contributed by atoms with E-state index in [1.54, 1.807) is 6.07 Å². The Kier molecular flexibility index (Phi) is 5.89. The molecule has 0 bridgehead atoms. The Morgan fingerprint density at radius 2 is 2.05 bits per heavy atom. The van der Waals surface area contributed by atoms with E-state index in [0.717, 1.165) is 12.5 Å². The number of halogens is 2. The first-order valence-corrected chi connectivity index (χ1v) is 8.05. The average Bonchev–Trinajstić information content (AvgIpc) is 2.50. The fourth-order valence-corrected chi connectivity index (χ4v) is 3.01. The zero-order valence-corrected chi connectivity index (χ0v) is 13.2. The lowest BCUT2D eigenvalue weighted by molar-refractivity contribution is -0.682. The molecule has 1 aromatic rings. The first-order chi connectivity index (χ1) is 10.5. The van der Waals surface area contributed by atoms with Crippen molar-refractivity contribution >= 4 is 5.91 Å². The van der Waals surface area contributed by atoms with Crippen LogP contribution in [0.25, 0.3) is 0 Å². The predicted molar refractivity (Wildman–Crippen MR) is 81.1 cm³/mol. The summed E-state index contributed by atoms with van der Waals surface area (Å²) in [5, 5.41) is 4.93. The van der Waals surface area contributed by atoms with Gasteiger partial charge >= 0.3 is 0 Å². The van der Waals surface area contributed by atoms with Gasteiger partial charge in [-0.05, 0) is 43.9 Å². The highest BCUT2D eigenvalue weighted by Gasteiger charge is 2.23. The molecule has 0 heterocycles. The van der Waals surface area contributed by atoms with Crippen molar-refractivity contribution in [3.8, 4) is 0 Å². The maximum atomic E-state index is 13.2. The van der Waals surface area contributed by atoms with Crippen LogP contribution in [0.4, 0.5) is 8.78 Å². The molecule has 0 unspecified atom stereocenters. The van der Waals surface area contributed by atoms with Gasteiger partial charge in [-0.3, -0.25) is 4.79 Å². The fraction of sp³-hybridized carbons (Fsp3) is 0.588. The number of hydrogen-bond acceptors (Lipinski definition) is 1. The number of carbonyl (C=O) groups is 1. The Hall–Kier alpha value is -1.49. The van der Waals surface area contributed by atoms with Crippen LogP contribution in [-0.2, 0) is 4.79 Å². The summed E-state index contributed by atoms with van der Waals surface area (Å²) in [6.07, 6.45) is 4.63. The molecule has 0 radical (unpaired) electrons. The number of nitrogens with two attached hydrogens (primary N) is 1. The Morgan fingerprint density at radius 3 is 2.73 bits per heavy atom. The predicted octanol–water partition coefficient (Wildman–Crippen LogP) is 2.28. The van der Waals surface area contributed by atoms with Gasteiger partial charge in [0, 0.05) is 11.6 Å². The van der Waals surface area contributed by atoms with Crippen molar-refractivity contribution in [3.05, 3.63) is 35.4 Å². The molecule has 0 spiro atoms. The average molecular weight is 311 g/mol. The Morgan fingerprint density at radius 1 is 1.32 bits per heavy atom. The van der Waals surface area contributed by atoms with E-state index in [1.165, 1.54) is 25.3 Å². The summed E-state index contributed by atoms with van der Waals surface area (Å²) >= 11 is 0. The highest BCUT2D eigenvalue weighted by Crippen LogP contribution is 2.23. The quantitative estimate of drug-likeness (QED) is 0.861. The molecule has 22 heavy (non-hydrogen) atoms. The first-order valence-electron chi connectivity index (χ1n) is 8.05. The molecule has 1 amide bonds. The van der Waals surface area contributed by atoms with Crippen LogP contribution in [0.5, 0.6) is 0 Å². The molecule has 0 saturated heterocycles. The van der Waals surface area contributed by atoms with Gasteiger partial charge in [0.2, 0.25) is 0 Å². The van der Waals surface area contributed by atoms with Gasteiger partial charge in [0.1, 0.15) is 6.04 Å². The van der Waals surface area contributed by atoms with Crippen molar-refractivity contribution in [1.82, 2.24) is 5.32 Å². The topological polar surface area (TPSA) is 45.7 Å². The second kappa shape index (κ2) is 7.68. The van der Waals surface area contributed by atoms with Gasteiger partial charge in [-0.25, -0.2) is 8.78 Å². The first kappa shape index (κ1) is 16.9. The minimum Gasteiger partial charge on any atom is -0.348 e. The lowest BCUT2D eigenvalue weighted by Crippen LogP contribution is -2.87. The van der Waals surface area contributed by atoms with Gasteiger partial charge in [-0.1, -0.05) is 19.8 Å². The molecule has 3 nitrogen and oxygen atoms in total. The van der Waals surface area contributed by atoms with E-state index in [9.17, 15) is 13.6 Å². The number of carbonyl (C=O) groups excluding carboxylic acids is 1. The van der Waals surface area contributed by atoms with Crippen molar-refractivity contribution in [2.24, 2.45) is 5.92 Å². The van der Waals surface area contributed by atoms with Crippen LogP contribution in [0.1, 0.15) is 51.1 Å². The second-order valence-electron chi connectivity index (χ2n) is 6.34. The molecule has 3 atom stereocenters. The maximum Gasteiger partial charge on any atom is 0.275 e. The van der Waals surface area contributed by atoms with Gasteiger partial charge in [0.05, 0.1) is 0 Å².